The molecular weight excluding hydrogens is 289 g/mol. The number of rotatable bonds is 5. The second kappa shape index (κ2) is 6.80. The molecule has 0 heterocycles. The second-order valence-electron chi connectivity index (χ2n) is 4.34. The Morgan fingerprint density at radius 3 is 2.09 bits per heavy atom. The number of hydrogen-bond acceptors (Lipinski definition) is 4. The summed E-state index contributed by atoms with van der Waals surface area (Å²) in [7, 11) is 4.34. The highest BCUT2D eigenvalue weighted by Crippen LogP contribution is 2.31. The summed E-state index contributed by atoms with van der Waals surface area (Å²) in [6.45, 7) is 0. The molecule has 1 amide bonds. The number of halogens is 1. The van der Waals surface area contributed by atoms with Gasteiger partial charge in [-0.05, 0) is 24.3 Å². The molecule has 1 N–H and O–H groups in total. The number of carbonyl (C=O) groups is 1. The maximum Gasteiger partial charge on any atom is 0.263 e. The monoisotopic (exact) mass is 305 g/mol. The summed E-state index contributed by atoms with van der Waals surface area (Å²) in [6, 6.07) is 8.85. The molecule has 22 heavy (non-hydrogen) atoms. The molecule has 2 rings (SSSR count). The van der Waals surface area contributed by atoms with Crippen molar-refractivity contribution in [2.75, 3.05) is 26.6 Å². The molecule has 0 saturated heterocycles. The van der Waals surface area contributed by atoms with E-state index in [0.29, 0.717) is 17.2 Å². The summed E-state index contributed by atoms with van der Waals surface area (Å²) in [4.78, 5) is 12.5. The van der Waals surface area contributed by atoms with Gasteiger partial charge in [0.2, 0.25) is 0 Å². The molecular formula is C16H16FNO4. The Hall–Kier alpha value is -2.76. The Bertz CT molecular complexity index is 666. The van der Waals surface area contributed by atoms with Crippen LogP contribution in [0.3, 0.4) is 0 Å². The molecule has 116 valence electrons. The van der Waals surface area contributed by atoms with E-state index >= 15 is 0 Å². The third-order valence-electron chi connectivity index (χ3n) is 3.06. The molecule has 0 spiro atoms. The molecule has 2 aromatic rings. The summed E-state index contributed by atoms with van der Waals surface area (Å²) in [5.74, 6) is 0.0874. The highest BCUT2D eigenvalue weighted by atomic mass is 19.1. The number of hydrogen-bond donors (Lipinski definition) is 1. The smallest absolute Gasteiger partial charge is 0.263 e. The minimum Gasteiger partial charge on any atom is -0.496 e. The first-order valence-electron chi connectivity index (χ1n) is 6.46. The Morgan fingerprint density at radius 1 is 0.955 bits per heavy atom. The molecule has 0 atom stereocenters. The molecule has 0 aliphatic heterocycles. The van der Waals surface area contributed by atoms with E-state index in [2.05, 4.69) is 5.32 Å². The number of carbonyl (C=O) groups excluding carboxylic acids is 1. The molecule has 0 radical (unpaired) electrons. The predicted octanol–water partition coefficient (Wildman–Crippen LogP) is 3.10. The van der Waals surface area contributed by atoms with Crippen LogP contribution >= 0.6 is 0 Å². The van der Waals surface area contributed by atoms with Gasteiger partial charge in [-0.25, -0.2) is 4.39 Å². The second-order valence-corrected chi connectivity index (χ2v) is 4.34. The van der Waals surface area contributed by atoms with E-state index in [1.165, 1.54) is 39.5 Å². The van der Waals surface area contributed by atoms with Crippen molar-refractivity contribution >= 4 is 11.6 Å². The minimum atomic E-state index is -0.488. The van der Waals surface area contributed by atoms with Crippen molar-refractivity contribution in [2.24, 2.45) is 0 Å². The number of anilines is 1. The zero-order valence-electron chi connectivity index (χ0n) is 12.5. The fourth-order valence-electron chi connectivity index (χ4n) is 2.04. The van der Waals surface area contributed by atoms with E-state index in [1.54, 1.807) is 18.2 Å². The van der Waals surface area contributed by atoms with Gasteiger partial charge in [0.1, 0.15) is 28.6 Å². The van der Waals surface area contributed by atoms with Gasteiger partial charge in [-0.15, -0.1) is 0 Å². The van der Waals surface area contributed by atoms with Crippen LogP contribution in [0.15, 0.2) is 36.4 Å². The molecule has 0 bridgehead atoms. The topological polar surface area (TPSA) is 56.8 Å². The Labute approximate surface area is 127 Å². The van der Waals surface area contributed by atoms with Crippen molar-refractivity contribution in [3.05, 3.63) is 47.8 Å². The van der Waals surface area contributed by atoms with Crippen molar-refractivity contribution in [1.29, 1.82) is 0 Å². The summed E-state index contributed by atoms with van der Waals surface area (Å²) in [5, 5.41) is 2.60. The molecule has 2 aromatic carbocycles. The standard InChI is InChI=1S/C16H16FNO4/c1-20-12-8-7-10(17)9-11(12)18-16(19)15-13(21-2)5-4-6-14(15)22-3/h4-9H,1-3H3,(H,18,19). The van der Waals surface area contributed by atoms with Gasteiger partial charge in [0.25, 0.3) is 5.91 Å². The molecule has 0 aromatic heterocycles. The van der Waals surface area contributed by atoms with Crippen LogP contribution in [-0.2, 0) is 0 Å². The largest absolute Gasteiger partial charge is 0.496 e. The van der Waals surface area contributed by atoms with Crippen LogP contribution < -0.4 is 19.5 Å². The van der Waals surface area contributed by atoms with Gasteiger partial charge >= 0.3 is 0 Å². The molecule has 0 unspecified atom stereocenters. The van der Waals surface area contributed by atoms with Gasteiger partial charge in [0, 0.05) is 6.07 Å². The molecule has 0 aliphatic carbocycles. The van der Waals surface area contributed by atoms with Crippen molar-refractivity contribution in [3.8, 4) is 17.2 Å². The molecule has 5 nitrogen and oxygen atoms in total. The van der Waals surface area contributed by atoms with Crippen molar-refractivity contribution in [1.82, 2.24) is 0 Å². The summed E-state index contributed by atoms with van der Waals surface area (Å²) < 4.78 is 28.8. The number of amides is 1. The van der Waals surface area contributed by atoms with Crippen molar-refractivity contribution < 1.29 is 23.4 Å². The number of methoxy groups -OCH3 is 3. The lowest BCUT2D eigenvalue weighted by atomic mass is 10.1. The van der Waals surface area contributed by atoms with E-state index in [0.717, 1.165) is 0 Å². The average molecular weight is 305 g/mol. The SMILES string of the molecule is COc1ccc(F)cc1NC(=O)c1c(OC)cccc1OC. The van der Waals surface area contributed by atoms with Crippen LogP contribution in [0.25, 0.3) is 0 Å². The maximum atomic E-state index is 13.4. The zero-order chi connectivity index (χ0) is 16.1. The van der Waals surface area contributed by atoms with E-state index in [4.69, 9.17) is 14.2 Å². The quantitative estimate of drug-likeness (QED) is 0.922. The normalized spacial score (nSPS) is 10.0. The fourth-order valence-corrected chi connectivity index (χ4v) is 2.04. The Kier molecular flexibility index (Phi) is 4.83. The highest BCUT2D eigenvalue weighted by Gasteiger charge is 2.19. The van der Waals surface area contributed by atoms with E-state index < -0.39 is 11.7 Å². The van der Waals surface area contributed by atoms with Crippen molar-refractivity contribution in [2.45, 2.75) is 0 Å². The van der Waals surface area contributed by atoms with Gasteiger partial charge < -0.3 is 19.5 Å². The Balaban J connectivity index is 2.40. The van der Waals surface area contributed by atoms with E-state index in [1.807, 2.05) is 0 Å². The summed E-state index contributed by atoms with van der Waals surface area (Å²) in [5.41, 5.74) is 0.444. The van der Waals surface area contributed by atoms with Crippen LogP contribution in [-0.4, -0.2) is 27.2 Å². The third-order valence-corrected chi connectivity index (χ3v) is 3.06. The van der Waals surface area contributed by atoms with Gasteiger partial charge in [-0.2, -0.15) is 0 Å². The first kappa shape index (κ1) is 15.6. The van der Waals surface area contributed by atoms with Crippen molar-refractivity contribution in [3.63, 3.8) is 0 Å². The van der Waals surface area contributed by atoms with Gasteiger partial charge in [-0.1, -0.05) is 6.07 Å². The zero-order valence-corrected chi connectivity index (χ0v) is 12.5. The first-order valence-corrected chi connectivity index (χ1v) is 6.46. The Morgan fingerprint density at radius 2 is 1.55 bits per heavy atom. The lowest BCUT2D eigenvalue weighted by Gasteiger charge is -2.14. The molecule has 0 saturated carbocycles. The molecule has 0 fully saturated rings. The summed E-state index contributed by atoms with van der Waals surface area (Å²) >= 11 is 0. The van der Waals surface area contributed by atoms with Gasteiger partial charge in [0.15, 0.2) is 0 Å². The molecule has 6 heteroatoms. The van der Waals surface area contributed by atoms with Crippen LogP contribution in [0.1, 0.15) is 10.4 Å². The van der Waals surface area contributed by atoms with Crippen LogP contribution in [0.4, 0.5) is 10.1 Å². The highest BCUT2D eigenvalue weighted by molar-refractivity contribution is 6.08. The minimum absolute atomic E-state index is 0.221. The van der Waals surface area contributed by atoms with E-state index in [-0.39, 0.29) is 11.3 Å². The maximum absolute atomic E-state index is 13.4. The average Bonchev–Trinajstić information content (AvgIpc) is 2.54. The predicted molar refractivity (Wildman–Crippen MR) is 80.5 cm³/mol. The van der Waals surface area contributed by atoms with Gasteiger partial charge in [0.05, 0.1) is 27.0 Å². The number of ether oxygens (including phenoxy) is 3. The van der Waals surface area contributed by atoms with Crippen LogP contribution in [0.5, 0.6) is 17.2 Å². The first-order chi connectivity index (χ1) is 10.6. The lowest BCUT2D eigenvalue weighted by Crippen LogP contribution is -2.15. The summed E-state index contributed by atoms with van der Waals surface area (Å²) in [6.07, 6.45) is 0. The number of benzene rings is 2. The van der Waals surface area contributed by atoms with Crippen LogP contribution in [0, 0.1) is 5.82 Å². The van der Waals surface area contributed by atoms with E-state index in [9.17, 15) is 9.18 Å². The fraction of sp³-hybridized carbons (Fsp3) is 0.188. The van der Waals surface area contributed by atoms with Crippen LogP contribution in [0.2, 0.25) is 0 Å². The lowest BCUT2D eigenvalue weighted by molar-refractivity contribution is 0.102. The molecule has 0 aliphatic rings. The number of nitrogens with one attached hydrogen (secondary N) is 1. The van der Waals surface area contributed by atoms with Gasteiger partial charge in [-0.3, -0.25) is 4.79 Å². The third kappa shape index (κ3) is 3.11.